The molecule has 0 bridgehead atoms. The Morgan fingerprint density at radius 2 is 1.14 bits per heavy atom. The highest BCUT2D eigenvalue weighted by Gasteiger charge is 2.53. The predicted molar refractivity (Wildman–Crippen MR) is 139 cm³/mol. The van der Waals surface area contributed by atoms with Crippen LogP contribution < -0.4 is 5.56 Å². The molecule has 0 saturated heterocycles. The van der Waals surface area contributed by atoms with Gasteiger partial charge in [0.1, 0.15) is 13.2 Å². The van der Waals surface area contributed by atoms with Crippen LogP contribution in [0.3, 0.4) is 0 Å². The first-order valence-electron chi connectivity index (χ1n) is 12.2. The van der Waals surface area contributed by atoms with Gasteiger partial charge in [-0.2, -0.15) is 0 Å². The predicted octanol–water partition coefficient (Wildman–Crippen LogP) is 4.47. The normalized spacial score (nSPS) is 13.5. The zero-order valence-electron chi connectivity index (χ0n) is 20.3. The van der Waals surface area contributed by atoms with Crippen molar-refractivity contribution in [2.24, 2.45) is 5.41 Å². The summed E-state index contributed by atoms with van der Waals surface area (Å²) >= 11 is 0. The first-order chi connectivity index (χ1) is 18.0. The summed E-state index contributed by atoms with van der Waals surface area (Å²) in [5, 5.41) is 0. The molecule has 5 rings (SSSR count). The molecule has 0 aliphatic heterocycles. The molecule has 0 atom stereocenters. The smallest absolute Gasteiger partial charge is 0.324 e. The van der Waals surface area contributed by atoms with Gasteiger partial charge in [-0.1, -0.05) is 91.0 Å². The fraction of sp³-hybridized carbons (Fsp3) is 0.194. The molecular formula is C31H27NO5. The molecule has 6 nitrogen and oxygen atoms in total. The molecule has 0 fully saturated rings. The fourth-order valence-electron chi connectivity index (χ4n) is 4.69. The Labute approximate surface area is 215 Å². The first kappa shape index (κ1) is 24.3. The second-order valence-corrected chi connectivity index (χ2v) is 9.33. The molecule has 1 aliphatic carbocycles. The van der Waals surface area contributed by atoms with Gasteiger partial charge in [-0.05, 0) is 27.8 Å². The average molecular weight is 494 g/mol. The number of rotatable bonds is 8. The first-order valence-corrected chi connectivity index (χ1v) is 12.2. The number of fused-ring (bicyclic) bond motifs is 1. The van der Waals surface area contributed by atoms with Gasteiger partial charge in [-0.3, -0.25) is 14.4 Å². The maximum absolute atomic E-state index is 13.5. The number of nitrogens with zero attached hydrogens (tertiary/aromatic N) is 1. The standard InChI is InChI=1S/C31H27NO5/c33-28-16-26-17-31(29(34)36-21-24-12-6-2-7-13-24,30(35)37-22-25-14-8-3-9-15-25)18-27(26)20-32(28)19-23-10-4-1-5-11-23/h1-16,20H,17-19,21-22H2. The van der Waals surface area contributed by atoms with Crippen LogP contribution in [0, 0.1) is 5.41 Å². The van der Waals surface area contributed by atoms with Gasteiger partial charge in [0.15, 0.2) is 5.41 Å². The molecule has 0 unspecified atom stereocenters. The Balaban J connectivity index is 1.41. The van der Waals surface area contributed by atoms with Gasteiger partial charge in [-0.25, -0.2) is 0 Å². The fourth-order valence-corrected chi connectivity index (χ4v) is 4.69. The molecule has 0 spiro atoms. The summed E-state index contributed by atoms with van der Waals surface area (Å²) in [7, 11) is 0. The highest BCUT2D eigenvalue weighted by atomic mass is 16.6. The number of benzene rings is 3. The van der Waals surface area contributed by atoms with E-state index in [0.717, 1.165) is 22.3 Å². The number of esters is 2. The van der Waals surface area contributed by atoms with Crippen molar-refractivity contribution in [1.29, 1.82) is 0 Å². The molecule has 0 radical (unpaired) electrons. The van der Waals surface area contributed by atoms with Gasteiger partial charge < -0.3 is 14.0 Å². The Hall–Kier alpha value is -4.45. The second-order valence-electron chi connectivity index (χ2n) is 9.33. The average Bonchev–Trinajstić information content (AvgIpc) is 3.32. The molecule has 1 heterocycles. The molecule has 186 valence electrons. The van der Waals surface area contributed by atoms with E-state index in [1.54, 1.807) is 10.8 Å². The lowest BCUT2D eigenvalue weighted by Gasteiger charge is -2.24. The molecule has 3 aromatic carbocycles. The van der Waals surface area contributed by atoms with Crippen LogP contribution in [-0.2, 0) is 51.7 Å². The number of ether oxygens (including phenoxy) is 2. The van der Waals surface area contributed by atoms with Crippen LogP contribution in [0.4, 0.5) is 0 Å². The van der Waals surface area contributed by atoms with Crippen LogP contribution in [0.25, 0.3) is 0 Å². The maximum Gasteiger partial charge on any atom is 0.324 e. The molecular weight excluding hydrogens is 466 g/mol. The lowest BCUT2D eigenvalue weighted by molar-refractivity contribution is -0.173. The quantitative estimate of drug-likeness (QED) is 0.268. The van der Waals surface area contributed by atoms with Gasteiger partial charge >= 0.3 is 11.9 Å². The van der Waals surface area contributed by atoms with Crippen LogP contribution in [0.1, 0.15) is 27.8 Å². The van der Waals surface area contributed by atoms with Crippen molar-refractivity contribution in [3.8, 4) is 0 Å². The van der Waals surface area contributed by atoms with Gasteiger partial charge in [-0.15, -0.1) is 0 Å². The Kier molecular flexibility index (Phi) is 6.99. The number of carbonyl (C=O) groups is 2. The Bertz CT molecular complexity index is 1390. The molecule has 4 aromatic rings. The Morgan fingerprint density at radius 1 is 0.676 bits per heavy atom. The van der Waals surface area contributed by atoms with Crippen molar-refractivity contribution < 1.29 is 19.1 Å². The zero-order chi connectivity index (χ0) is 25.7. The zero-order valence-corrected chi connectivity index (χ0v) is 20.3. The van der Waals surface area contributed by atoms with E-state index in [4.69, 9.17) is 9.47 Å². The summed E-state index contributed by atoms with van der Waals surface area (Å²) in [6, 6.07) is 29.8. The monoisotopic (exact) mass is 493 g/mol. The largest absolute Gasteiger partial charge is 0.460 e. The molecule has 0 amide bonds. The minimum atomic E-state index is -1.55. The molecule has 1 aromatic heterocycles. The number of pyridine rings is 1. The summed E-state index contributed by atoms with van der Waals surface area (Å²) in [6.07, 6.45) is 1.92. The van der Waals surface area contributed by atoms with Crippen molar-refractivity contribution in [2.45, 2.75) is 32.6 Å². The molecule has 37 heavy (non-hydrogen) atoms. The van der Waals surface area contributed by atoms with E-state index in [-0.39, 0.29) is 31.6 Å². The van der Waals surface area contributed by atoms with Crippen molar-refractivity contribution >= 4 is 11.9 Å². The molecule has 0 N–H and O–H groups in total. The third-order valence-corrected chi connectivity index (χ3v) is 6.69. The number of hydrogen-bond acceptors (Lipinski definition) is 5. The lowest BCUT2D eigenvalue weighted by atomic mass is 9.84. The van der Waals surface area contributed by atoms with Crippen molar-refractivity contribution in [2.75, 3.05) is 0 Å². The van der Waals surface area contributed by atoms with E-state index in [0.29, 0.717) is 12.1 Å². The Morgan fingerprint density at radius 3 is 1.65 bits per heavy atom. The van der Waals surface area contributed by atoms with Gasteiger partial charge in [0, 0.05) is 25.1 Å². The van der Waals surface area contributed by atoms with E-state index in [1.807, 2.05) is 91.0 Å². The van der Waals surface area contributed by atoms with Crippen molar-refractivity contribution in [3.63, 3.8) is 0 Å². The third kappa shape index (κ3) is 5.38. The number of hydrogen-bond donors (Lipinski definition) is 0. The summed E-state index contributed by atoms with van der Waals surface area (Å²) in [4.78, 5) is 39.9. The lowest BCUT2D eigenvalue weighted by Crippen LogP contribution is -2.42. The van der Waals surface area contributed by atoms with Crippen LogP contribution in [-0.4, -0.2) is 16.5 Å². The topological polar surface area (TPSA) is 74.6 Å². The summed E-state index contributed by atoms with van der Waals surface area (Å²) in [6.45, 7) is 0.492. The summed E-state index contributed by atoms with van der Waals surface area (Å²) in [5.74, 6) is -1.29. The van der Waals surface area contributed by atoms with Gasteiger partial charge in [0.25, 0.3) is 5.56 Å². The SMILES string of the molecule is O=C(OCc1ccccc1)C1(C(=O)OCc2ccccc2)Cc2cc(=O)n(Cc3ccccc3)cc2C1. The molecule has 0 saturated carbocycles. The number of carbonyl (C=O) groups excluding carboxylic acids is 2. The van der Waals surface area contributed by atoms with Crippen molar-refractivity contribution in [3.05, 3.63) is 141 Å². The van der Waals surface area contributed by atoms with E-state index in [9.17, 15) is 14.4 Å². The van der Waals surface area contributed by atoms with Gasteiger partial charge in [0.2, 0.25) is 0 Å². The second kappa shape index (κ2) is 10.7. The minimum absolute atomic E-state index is 0.0462. The van der Waals surface area contributed by atoms with Crippen LogP contribution >= 0.6 is 0 Å². The van der Waals surface area contributed by atoms with Crippen LogP contribution in [0.5, 0.6) is 0 Å². The van der Waals surface area contributed by atoms with E-state index < -0.39 is 17.4 Å². The summed E-state index contributed by atoms with van der Waals surface area (Å²) < 4.78 is 12.9. The summed E-state index contributed by atoms with van der Waals surface area (Å²) in [5.41, 5.74) is 2.33. The molecule has 6 heteroatoms. The van der Waals surface area contributed by atoms with E-state index in [1.165, 1.54) is 6.07 Å². The van der Waals surface area contributed by atoms with Crippen molar-refractivity contribution in [1.82, 2.24) is 4.57 Å². The van der Waals surface area contributed by atoms with E-state index >= 15 is 0 Å². The highest BCUT2D eigenvalue weighted by Crippen LogP contribution is 2.39. The van der Waals surface area contributed by atoms with E-state index in [2.05, 4.69) is 0 Å². The third-order valence-electron chi connectivity index (χ3n) is 6.69. The highest BCUT2D eigenvalue weighted by molar-refractivity contribution is 6.01. The molecule has 1 aliphatic rings. The van der Waals surface area contributed by atoms with Crippen LogP contribution in [0.2, 0.25) is 0 Å². The van der Waals surface area contributed by atoms with Crippen LogP contribution in [0.15, 0.2) is 108 Å². The van der Waals surface area contributed by atoms with Gasteiger partial charge in [0.05, 0.1) is 6.54 Å². The maximum atomic E-state index is 13.5. The number of aromatic nitrogens is 1. The minimum Gasteiger partial charge on any atom is -0.460 e.